The molecule has 0 aromatic heterocycles. The van der Waals surface area contributed by atoms with Crippen LogP contribution in [0.2, 0.25) is 0 Å². The molecule has 1 rings (SSSR count). The van der Waals surface area contributed by atoms with Crippen LogP contribution in [-0.4, -0.2) is 11.5 Å². The highest BCUT2D eigenvalue weighted by molar-refractivity contribution is 5.41. The molecule has 108 valence electrons. The Labute approximate surface area is 110 Å². The van der Waals surface area contributed by atoms with E-state index in [-0.39, 0.29) is 17.1 Å². The van der Waals surface area contributed by atoms with E-state index < -0.39 is 12.4 Å². The van der Waals surface area contributed by atoms with E-state index in [2.05, 4.69) is 4.74 Å². The highest BCUT2D eigenvalue weighted by atomic mass is 19.4. The predicted molar refractivity (Wildman–Crippen MR) is 65.8 cm³/mol. The molecule has 0 bridgehead atoms. The molecule has 0 fully saturated rings. The van der Waals surface area contributed by atoms with Crippen LogP contribution >= 0.6 is 0 Å². The Bertz CT molecular complexity index is 419. The first-order chi connectivity index (χ1) is 8.69. The summed E-state index contributed by atoms with van der Waals surface area (Å²) in [4.78, 5) is 0. The van der Waals surface area contributed by atoms with Crippen molar-refractivity contribution in [3.05, 3.63) is 23.8 Å². The third-order valence-corrected chi connectivity index (χ3v) is 2.69. The van der Waals surface area contributed by atoms with Gasteiger partial charge in [-0.25, -0.2) is 0 Å². The number of nitrogens with two attached hydrogens (primary N) is 1. The van der Waals surface area contributed by atoms with Gasteiger partial charge in [-0.1, -0.05) is 13.8 Å². The first kappa shape index (κ1) is 15.6. The van der Waals surface area contributed by atoms with Crippen LogP contribution in [0.4, 0.5) is 13.2 Å². The summed E-state index contributed by atoms with van der Waals surface area (Å²) in [5.74, 6) is -0.0612. The number of aromatic hydroxyl groups is 1. The number of phenolic OH excluding ortho intramolecular Hbond substituents is 1. The van der Waals surface area contributed by atoms with Crippen LogP contribution in [0.25, 0.3) is 0 Å². The molecule has 0 aliphatic heterocycles. The van der Waals surface area contributed by atoms with E-state index in [1.807, 2.05) is 13.8 Å². The van der Waals surface area contributed by atoms with E-state index in [9.17, 15) is 18.3 Å². The molecule has 0 radical (unpaired) electrons. The number of halogens is 3. The maximum Gasteiger partial charge on any atom is 0.573 e. The van der Waals surface area contributed by atoms with E-state index in [4.69, 9.17) is 5.73 Å². The van der Waals surface area contributed by atoms with E-state index in [0.29, 0.717) is 12.3 Å². The molecule has 1 aromatic carbocycles. The second-order valence-corrected chi connectivity index (χ2v) is 4.85. The Morgan fingerprint density at radius 3 is 2.42 bits per heavy atom. The molecule has 0 unspecified atom stereocenters. The van der Waals surface area contributed by atoms with Gasteiger partial charge in [-0.05, 0) is 37.0 Å². The lowest BCUT2D eigenvalue weighted by atomic mass is 9.97. The van der Waals surface area contributed by atoms with E-state index in [1.54, 1.807) is 0 Å². The second kappa shape index (κ2) is 6.14. The average molecular weight is 277 g/mol. The van der Waals surface area contributed by atoms with E-state index in [1.165, 1.54) is 0 Å². The van der Waals surface area contributed by atoms with Crippen molar-refractivity contribution in [1.82, 2.24) is 0 Å². The molecule has 3 nitrogen and oxygen atoms in total. The fraction of sp³-hybridized carbons (Fsp3) is 0.538. The first-order valence-electron chi connectivity index (χ1n) is 6.03. The summed E-state index contributed by atoms with van der Waals surface area (Å²) in [7, 11) is 0. The lowest BCUT2D eigenvalue weighted by Gasteiger charge is -2.17. The van der Waals surface area contributed by atoms with Crippen LogP contribution in [0.15, 0.2) is 18.2 Å². The number of alkyl halides is 3. The SMILES string of the molecule is CC(C)CC[C@@H](N)c1cc(OC(F)(F)F)ccc1O. The van der Waals surface area contributed by atoms with Gasteiger partial charge in [-0.3, -0.25) is 0 Å². The molecule has 0 saturated heterocycles. The van der Waals surface area contributed by atoms with Crippen molar-refractivity contribution in [3.63, 3.8) is 0 Å². The van der Waals surface area contributed by atoms with Gasteiger partial charge in [0.25, 0.3) is 0 Å². The van der Waals surface area contributed by atoms with Crippen molar-refractivity contribution in [2.75, 3.05) is 0 Å². The van der Waals surface area contributed by atoms with Crippen molar-refractivity contribution in [1.29, 1.82) is 0 Å². The highest BCUT2D eigenvalue weighted by Crippen LogP contribution is 2.32. The van der Waals surface area contributed by atoms with Crippen molar-refractivity contribution >= 4 is 0 Å². The lowest BCUT2D eigenvalue weighted by molar-refractivity contribution is -0.274. The third-order valence-electron chi connectivity index (χ3n) is 2.69. The maximum absolute atomic E-state index is 12.1. The molecular weight excluding hydrogens is 259 g/mol. The molecule has 0 aliphatic carbocycles. The summed E-state index contributed by atoms with van der Waals surface area (Å²) >= 11 is 0. The van der Waals surface area contributed by atoms with Crippen LogP contribution in [-0.2, 0) is 0 Å². The van der Waals surface area contributed by atoms with Gasteiger partial charge in [-0.15, -0.1) is 13.2 Å². The largest absolute Gasteiger partial charge is 0.573 e. The molecule has 1 atom stereocenters. The second-order valence-electron chi connectivity index (χ2n) is 4.85. The van der Waals surface area contributed by atoms with Crippen LogP contribution in [0.5, 0.6) is 11.5 Å². The van der Waals surface area contributed by atoms with Gasteiger partial charge in [0.15, 0.2) is 0 Å². The van der Waals surface area contributed by atoms with Crippen molar-refractivity contribution in [3.8, 4) is 11.5 Å². The fourth-order valence-electron chi connectivity index (χ4n) is 1.70. The summed E-state index contributed by atoms with van der Waals surface area (Å²) in [5.41, 5.74) is 6.15. The van der Waals surface area contributed by atoms with Gasteiger partial charge >= 0.3 is 6.36 Å². The number of phenols is 1. The van der Waals surface area contributed by atoms with Gasteiger partial charge in [0, 0.05) is 11.6 Å². The van der Waals surface area contributed by atoms with Crippen molar-refractivity contribution in [2.45, 2.75) is 39.1 Å². The number of hydrogen-bond donors (Lipinski definition) is 2. The Balaban J connectivity index is 2.84. The normalized spacial score (nSPS) is 13.6. The monoisotopic (exact) mass is 277 g/mol. The molecule has 3 N–H and O–H groups in total. The highest BCUT2D eigenvalue weighted by Gasteiger charge is 2.31. The molecule has 0 spiro atoms. The zero-order valence-electron chi connectivity index (χ0n) is 10.9. The van der Waals surface area contributed by atoms with Crippen molar-refractivity contribution < 1.29 is 23.0 Å². The molecule has 0 amide bonds. The maximum atomic E-state index is 12.1. The molecule has 0 aliphatic rings. The number of benzene rings is 1. The summed E-state index contributed by atoms with van der Waals surface area (Å²) in [5, 5.41) is 9.65. The van der Waals surface area contributed by atoms with Crippen LogP contribution in [0.1, 0.15) is 38.3 Å². The van der Waals surface area contributed by atoms with Crippen LogP contribution in [0.3, 0.4) is 0 Å². The number of rotatable bonds is 5. The summed E-state index contributed by atoms with van der Waals surface area (Å²) < 4.78 is 40.1. The molecule has 0 heterocycles. The standard InChI is InChI=1S/C13H18F3NO2/c1-8(2)3-5-11(17)10-7-9(4-6-12(10)18)19-13(14,15)16/h4,6-8,11,18H,3,5,17H2,1-2H3/t11-/m1/s1. The Morgan fingerprint density at radius 1 is 1.26 bits per heavy atom. The van der Waals surface area contributed by atoms with Gasteiger partial charge in [0.2, 0.25) is 0 Å². The topological polar surface area (TPSA) is 55.5 Å². The summed E-state index contributed by atoms with van der Waals surface area (Å²) in [6.45, 7) is 4.05. The van der Waals surface area contributed by atoms with Gasteiger partial charge in [0.05, 0.1) is 0 Å². The van der Waals surface area contributed by atoms with Gasteiger partial charge < -0.3 is 15.6 Å². The molecular formula is C13H18F3NO2. The smallest absolute Gasteiger partial charge is 0.508 e. The fourth-order valence-corrected chi connectivity index (χ4v) is 1.70. The Kier molecular flexibility index (Phi) is 5.05. The quantitative estimate of drug-likeness (QED) is 0.862. The van der Waals surface area contributed by atoms with E-state index >= 15 is 0 Å². The molecule has 6 heteroatoms. The summed E-state index contributed by atoms with van der Waals surface area (Å²) in [6, 6.07) is 2.83. The zero-order valence-corrected chi connectivity index (χ0v) is 10.9. The van der Waals surface area contributed by atoms with Gasteiger partial charge in [0.1, 0.15) is 11.5 Å². The lowest BCUT2D eigenvalue weighted by Crippen LogP contribution is -2.18. The van der Waals surface area contributed by atoms with Crippen molar-refractivity contribution in [2.24, 2.45) is 11.7 Å². The van der Waals surface area contributed by atoms with Crippen LogP contribution in [0, 0.1) is 5.92 Å². The van der Waals surface area contributed by atoms with Crippen LogP contribution < -0.4 is 10.5 Å². The average Bonchev–Trinajstić information content (AvgIpc) is 2.26. The molecule has 0 saturated carbocycles. The minimum absolute atomic E-state index is 0.120. The third kappa shape index (κ3) is 5.38. The van der Waals surface area contributed by atoms with Gasteiger partial charge in [-0.2, -0.15) is 0 Å². The van der Waals surface area contributed by atoms with E-state index in [0.717, 1.165) is 24.6 Å². The summed E-state index contributed by atoms with van der Waals surface area (Å²) in [6.07, 6.45) is -3.35. The minimum atomic E-state index is -4.75. The number of ether oxygens (including phenoxy) is 1. The Hall–Kier alpha value is -1.43. The zero-order chi connectivity index (χ0) is 14.6. The first-order valence-corrected chi connectivity index (χ1v) is 6.03. The molecule has 1 aromatic rings. The number of hydrogen-bond acceptors (Lipinski definition) is 3. The minimum Gasteiger partial charge on any atom is -0.508 e. The predicted octanol–water partition coefficient (Wildman–Crippen LogP) is 3.73. The Morgan fingerprint density at radius 2 is 1.89 bits per heavy atom. The molecule has 19 heavy (non-hydrogen) atoms.